The minimum Gasteiger partial charge on any atom is -0.371 e. The van der Waals surface area contributed by atoms with Gasteiger partial charge in [0.2, 0.25) is 0 Å². The first-order valence-electron chi connectivity index (χ1n) is 6.72. The Balaban J connectivity index is 1.65. The number of morpholine rings is 1. The number of aromatic nitrogens is 1. The molecule has 106 valence electrons. The normalized spacial score (nSPS) is 20.2. The van der Waals surface area contributed by atoms with Gasteiger partial charge in [-0.2, -0.15) is 0 Å². The van der Waals surface area contributed by atoms with Crippen molar-refractivity contribution in [2.75, 3.05) is 19.7 Å². The highest BCUT2D eigenvalue weighted by atomic mass is 19.1. The molecule has 20 heavy (non-hydrogen) atoms. The second-order valence-corrected chi connectivity index (χ2v) is 5.08. The molecule has 1 fully saturated rings. The molecule has 1 aromatic carbocycles. The van der Waals surface area contributed by atoms with Crippen molar-refractivity contribution >= 4 is 0 Å². The van der Waals surface area contributed by atoms with Gasteiger partial charge in [-0.15, -0.1) is 0 Å². The molecular weight excluding hydrogens is 259 g/mol. The average molecular weight is 276 g/mol. The lowest BCUT2D eigenvalue weighted by Crippen LogP contribution is -2.37. The zero-order valence-electron chi connectivity index (χ0n) is 11.4. The van der Waals surface area contributed by atoms with Gasteiger partial charge in [0.25, 0.3) is 0 Å². The number of hydrogen-bond donors (Lipinski definition) is 0. The maximum Gasteiger partial charge on any atom is 0.150 e. The summed E-state index contributed by atoms with van der Waals surface area (Å²) in [6.45, 7) is 4.92. The summed E-state index contributed by atoms with van der Waals surface area (Å²) in [5, 5.41) is 3.89. The SMILES string of the molecule is Cc1cc(CN2CCO[C@@H](c3ccc(F)cc3)C2)on1. The van der Waals surface area contributed by atoms with Gasteiger partial charge in [0.05, 0.1) is 24.9 Å². The molecule has 1 aromatic heterocycles. The first-order valence-corrected chi connectivity index (χ1v) is 6.72. The highest BCUT2D eigenvalue weighted by Crippen LogP contribution is 2.23. The summed E-state index contributed by atoms with van der Waals surface area (Å²) in [5.41, 5.74) is 1.90. The molecule has 0 radical (unpaired) electrons. The second kappa shape index (κ2) is 5.73. The molecule has 1 atom stereocenters. The molecule has 0 amide bonds. The smallest absolute Gasteiger partial charge is 0.150 e. The highest BCUT2D eigenvalue weighted by molar-refractivity contribution is 5.19. The molecule has 0 saturated carbocycles. The van der Waals surface area contributed by atoms with Crippen molar-refractivity contribution in [1.29, 1.82) is 0 Å². The van der Waals surface area contributed by atoms with Crippen molar-refractivity contribution in [2.24, 2.45) is 0 Å². The molecule has 4 nitrogen and oxygen atoms in total. The van der Waals surface area contributed by atoms with Crippen molar-refractivity contribution in [3.05, 3.63) is 53.2 Å². The molecule has 0 spiro atoms. The largest absolute Gasteiger partial charge is 0.371 e. The van der Waals surface area contributed by atoms with Gasteiger partial charge in [0, 0.05) is 19.2 Å². The van der Waals surface area contributed by atoms with Crippen molar-refractivity contribution in [1.82, 2.24) is 10.1 Å². The van der Waals surface area contributed by atoms with E-state index in [0.29, 0.717) is 6.61 Å². The van der Waals surface area contributed by atoms with Crippen molar-refractivity contribution < 1.29 is 13.7 Å². The molecule has 0 N–H and O–H groups in total. The summed E-state index contributed by atoms with van der Waals surface area (Å²) in [6.07, 6.45) is -0.0200. The monoisotopic (exact) mass is 276 g/mol. The minimum absolute atomic E-state index is 0.0200. The number of nitrogens with zero attached hydrogens (tertiary/aromatic N) is 2. The van der Waals surface area contributed by atoms with Crippen LogP contribution in [0.4, 0.5) is 4.39 Å². The van der Waals surface area contributed by atoms with Gasteiger partial charge in [-0.3, -0.25) is 4.90 Å². The first kappa shape index (κ1) is 13.3. The van der Waals surface area contributed by atoms with Crippen LogP contribution in [0, 0.1) is 12.7 Å². The van der Waals surface area contributed by atoms with Crippen LogP contribution in [0.25, 0.3) is 0 Å². The van der Waals surface area contributed by atoms with Crippen LogP contribution in [-0.4, -0.2) is 29.8 Å². The van der Waals surface area contributed by atoms with Gasteiger partial charge >= 0.3 is 0 Å². The third-order valence-corrected chi connectivity index (χ3v) is 3.45. The minimum atomic E-state index is -0.224. The molecule has 2 aromatic rings. The Morgan fingerprint density at radius 2 is 2.15 bits per heavy atom. The molecule has 3 rings (SSSR count). The summed E-state index contributed by atoms with van der Waals surface area (Å²) in [7, 11) is 0. The van der Waals surface area contributed by atoms with Crippen molar-refractivity contribution in [3.8, 4) is 0 Å². The van der Waals surface area contributed by atoms with Crippen LogP contribution < -0.4 is 0 Å². The number of ether oxygens (including phenoxy) is 1. The van der Waals surface area contributed by atoms with Gasteiger partial charge in [-0.1, -0.05) is 17.3 Å². The molecule has 0 unspecified atom stereocenters. The molecule has 0 aliphatic carbocycles. The predicted octanol–water partition coefficient (Wildman–Crippen LogP) is 2.70. The average Bonchev–Trinajstić information content (AvgIpc) is 2.85. The van der Waals surface area contributed by atoms with Gasteiger partial charge in [-0.05, 0) is 24.6 Å². The van der Waals surface area contributed by atoms with Crippen LogP contribution in [0.1, 0.15) is 23.1 Å². The fourth-order valence-corrected chi connectivity index (χ4v) is 2.44. The molecule has 5 heteroatoms. The third-order valence-electron chi connectivity index (χ3n) is 3.45. The second-order valence-electron chi connectivity index (χ2n) is 5.08. The van der Waals surface area contributed by atoms with Crippen LogP contribution in [0.15, 0.2) is 34.9 Å². The van der Waals surface area contributed by atoms with Crippen LogP contribution in [-0.2, 0) is 11.3 Å². The Kier molecular flexibility index (Phi) is 3.80. The number of aryl methyl sites for hydroxylation is 1. The zero-order valence-corrected chi connectivity index (χ0v) is 11.4. The standard InChI is InChI=1S/C15H17FN2O2/c1-11-8-14(20-17-11)9-18-6-7-19-15(10-18)12-2-4-13(16)5-3-12/h2-5,8,15H,6-7,9-10H2,1H3/t15-/m1/s1. The Morgan fingerprint density at radius 1 is 1.35 bits per heavy atom. The van der Waals surface area contributed by atoms with E-state index in [2.05, 4.69) is 10.1 Å². The number of hydrogen-bond acceptors (Lipinski definition) is 4. The van der Waals surface area contributed by atoms with E-state index in [4.69, 9.17) is 9.26 Å². The van der Waals surface area contributed by atoms with E-state index in [1.54, 1.807) is 12.1 Å². The van der Waals surface area contributed by atoms with Crippen LogP contribution in [0.2, 0.25) is 0 Å². The van der Waals surface area contributed by atoms with E-state index in [-0.39, 0.29) is 11.9 Å². The molecule has 0 bridgehead atoms. The maximum atomic E-state index is 12.9. The summed E-state index contributed by atoms with van der Waals surface area (Å²) in [4.78, 5) is 2.26. The summed E-state index contributed by atoms with van der Waals surface area (Å²) in [6, 6.07) is 8.45. The number of benzene rings is 1. The van der Waals surface area contributed by atoms with Crippen LogP contribution in [0.3, 0.4) is 0 Å². The van der Waals surface area contributed by atoms with E-state index in [1.807, 2.05) is 13.0 Å². The van der Waals surface area contributed by atoms with Gasteiger partial charge in [0.15, 0.2) is 5.76 Å². The van der Waals surface area contributed by atoms with Crippen LogP contribution >= 0.6 is 0 Å². The lowest BCUT2D eigenvalue weighted by atomic mass is 10.1. The number of halogens is 1. The Labute approximate surface area is 117 Å². The molecule has 2 heterocycles. The summed E-state index contributed by atoms with van der Waals surface area (Å²) >= 11 is 0. The van der Waals surface area contributed by atoms with Gasteiger partial charge < -0.3 is 9.26 Å². The Bertz CT molecular complexity index is 568. The summed E-state index contributed by atoms with van der Waals surface area (Å²) < 4.78 is 24.0. The van der Waals surface area contributed by atoms with Crippen molar-refractivity contribution in [2.45, 2.75) is 19.6 Å². The van der Waals surface area contributed by atoms with Gasteiger partial charge in [0.1, 0.15) is 5.82 Å². The Morgan fingerprint density at radius 3 is 2.85 bits per heavy atom. The number of rotatable bonds is 3. The first-order chi connectivity index (χ1) is 9.70. The van der Waals surface area contributed by atoms with E-state index in [0.717, 1.165) is 36.7 Å². The lowest BCUT2D eigenvalue weighted by molar-refractivity contribution is -0.0351. The molecule has 1 saturated heterocycles. The van der Waals surface area contributed by atoms with Crippen molar-refractivity contribution in [3.63, 3.8) is 0 Å². The Hall–Kier alpha value is -1.72. The zero-order chi connectivity index (χ0) is 13.9. The molecule has 1 aliphatic rings. The van der Waals surface area contributed by atoms with E-state index in [1.165, 1.54) is 12.1 Å². The highest BCUT2D eigenvalue weighted by Gasteiger charge is 2.22. The summed E-state index contributed by atoms with van der Waals surface area (Å²) in [5.74, 6) is 0.640. The third kappa shape index (κ3) is 3.05. The quantitative estimate of drug-likeness (QED) is 0.864. The lowest BCUT2D eigenvalue weighted by Gasteiger charge is -2.32. The van der Waals surface area contributed by atoms with E-state index >= 15 is 0 Å². The fraction of sp³-hybridized carbons (Fsp3) is 0.400. The molecular formula is C15H17FN2O2. The fourth-order valence-electron chi connectivity index (χ4n) is 2.44. The molecule has 1 aliphatic heterocycles. The van der Waals surface area contributed by atoms with E-state index in [9.17, 15) is 4.39 Å². The van der Waals surface area contributed by atoms with Gasteiger partial charge in [-0.25, -0.2) is 4.39 Å². The predicted molar refractivity (Wildman–Crippen MR) is 71.6 cm³/mol. The van der Waals surface area contributed by atoms with E-state index < -0.39 is 0 Å². The van der Waals surface area contributed by atoms with Crippen LogP contribution in [0.5, 0.6) is 0 Å². The topological polar surface area (TPSA) is 38.5 Å². The maximum absolute atomic E-state index is 12.9.